The molecule has 3 rings (SSSR count). The van der Waals surface area contributed by atoms with Crippen LogP contribution < -0.4 is 4.90 Å². The number of hydrogen-bond donors (Lipinski definition) is 0. The lowest BCUT2D eigenvalue weighted by Gasteiger charge is -2.28. The fourth-order valence-corrected chi connectivity index (χ4v) is 2.95. The Hall–Kier alpha value is -2.60. The van der Waals surface area contributed by atoms with Gasteiger partial charge in [0.25, 0.3) is 0 Å². The van der Waals surface area contributed by atoms with Gasteiger partial charge in [0.2, 0.25) is 0 Å². The smallest absolute Gasteiger partial charge is 0.131 e. The summed E-state index contributed by atoms with van der Waals surface area (Å²) in [5.74, 6) is -0.370. The average molecular weight is 306 g/mol. The van der Waals surface area contributed by atoms with Crippen molar-refractivity contribution >= 4 is 17.3 Å². The minimum absolute atomic E-state index is 0.342. The van der Waals surface area contributed by atoms with Crippen molar-refractivity contribution in [3.8, 4) is 6.07 Å². The van der Waals surface area contributed by atoms with E-state index in [1.807, 2.05) is 12.1 Å². The molecule has 0 amide bonds. The van der Waals surface area contributed by atoms with Crippen molar-refractivity contribution in [3.63, 3.8) is 0 Å². The van der Waals surface area contributed by atoms with Crippen molar-refractivity contribution in [1.29, 1.82) is 5.26 Å². The van der Waals surface area contributed by atoms with Gasteiger partial charge in [-0.3, -0.25) is 0 Å². The number of halogens is 1. The van der Waals surface area contributed by atoms with Crippen molar-refractivity contribution in [2.75, 3.05) is 18.0 Å². The van der Waals surface area contributed by atoms with Gasteiger partial charge in [0.05, 0.1) is 11.6 Å². The highest BCUT2D eigenvalue weighted by atomic mass is 19.1. The van der Waals surface area contributed by atoms with Crippen LogP contribution in [0.5, 0.6) is 0 Å². The predicted molar refractivity (Wildman–Crippen MR) is 92.4 cm³/mol. The van der Waals surface area contributed by atoms with E-state index in [1.54, 1.807) is 24.3 Å². The Labute approximate surface area is 136 Å². The molecule has 0 radical (unpaired) electrons. The van der Waals surface area contributed by atoms with Crippen LogP contribution in [0.25, 0.3) is 11.6 Å². The second kappa shape index (κ2) is 7.11. The largest absolute Gasteiger partial charge is 0.372 e. The lowest BCUT2D eigenvalue weighted by Crippen LogP contribution is -2.29. The molecule has 2 aromatic carbocycles. The molecule has 0 N–H and O–H groups in total. The van der Waals surface area contributed by atoms with E-state index in [4.69, 9.17) is 0 Å². The van der Waals surface area contributed by atoms with E-state index in [2.05, 4.69) is 23.1 Å². The van der Waals surface area contributed by atoms with Crippen LogP contribution in [0.1, 0.15) is 30.4 Å². The molecule has 1 heterocycles. The van der Waals surface area contributed by atoms with E-state index in [1.165, 1.54) is 31.0 Å². The highest BCUT2D eigenvalue weighted by Gasteiger charge is 2.11. The zero-order valence-electron chi connectivity index (χ0n) is 13.0. The normalized spacial score (nSPS) is 15.3. The molecule has 0 spiro atoms. The maximum Gasteiger partial charge on any atom is 0.131 e. The topological polar surface area (TPSA) is 27.0 Å². The predicted octanol–water partition coefficient (Wildman–Crippen LogP) is 4.88. The third-order valence-electron chi connectivity index (χ3n) is 4.21. The summed E-state index contributed by atoms with van der Waals surface area (Å²) < 4.78 is 13.8. The number of benzene rings is 2. The van der Waals surface area contributed by atoms with Crippen molar-refractivity contribution in [2.24, 2.45) is 0 Å². The summed E-state index contributed by atoms with van der Waals surface area (Å²) in [6, 6.07) is 16.6. The van der Waals surface area contributed by atoms with Crippen LogP contribution in [0.3, 0.4) is 0 Å². The van der Waals surface area contributed by atoms with Crippen LogP contribution in [0.4, 0.5) is 10.1 Å². The highest BCUT2D eigenvalue weighted by Crippen LogP contribution is 2.23. The van der Waals surface area contributed by atoms with Gasteiger partial charge in [-0.25, -0.2) is 4.39 Å². The van der Waals surface area contributed by atoms with Crippen LogP contribution in [0.15, 0.2) is 48.5 Å². The van der Waals surface area contributed by atoms with Gasteiger partial charge in [0, 0.05) is 24.3 Å². The second-order valence-electron chi connectivity index (χ2n) is 5.79. The summed E-state index contributed by atoms with van der Waals surface area (Å²) in [6.07, 6.45) is 5.53. The molecule has 0 aliphatic carbocycles. The highest BCUT2D eigenvalue weighted by molar-refractivity contribution is 5.89. The first kappa shape index (κ1) is 15.3. The third-order valence-corrected chi connectivity index (χ3v) is 4.21. The summed E-state index contributed by atoms with van der Waals surface area (Å²) in [4.78, 5) is 2.39. The van der Waals surface area contributed by atoms with E-state index >= 15 is 0 Å². The summed E-state index contributed by atoms with van der Waals surface area (Å²) in [7, 11) is 0. The van der Waals surface area contributed by atoms with Crippen molar-refractivity contribution in [2.45, 2.75) is 19.3 Å². The second-order valence-corrected chi connectivity index (χ2v) is 5.79. The van der Waals surface area contributed by atoms with Gasteiger partial charge < -0.3 is 4.90 Å². The molecule has 1 aliphatic rings. The van der Waals surface area contributed by atoms with Gasteiger partial charge >= 0.3 is 0 Å². The molecule has 2 nitrogen and oxygen atoms in total. The molecular weight excluding hydrogens is 287 g/mol. The number of nitriles is 1. The van der Waals surface area contributed by atoms with Gasteiger partial charge in [-0.15, -0.1) is 0 Å². The molecule has 23 heavy (non-hydrogen) atoms. The molecule has 3 heteroatoms. The number of piperidine rings is 1. The van der Waals surface area contributed by atoms with Gasteiger partial charge in [-0.05, 0) is 49.1 Å². The average Bonchev–Trinajstić information content (AvgIpc) is 2.62. The van der Waals surface area contributed by atoms with Gasteiger partial charge in [-0.1, -0.05) is 30.3 Å². The van der Waals surface area contributed by atoms with Crippen molar-refractivity contribution in [1.82, 2.24) is 0 Å². The Bertz CT molecular complexity index is 735. The quantitative estimate of drug-likeness (QED) is 0.597. The molecule has 1 aliphatic heterocycles. The first-order valence-corrected chi connectivity index (χ1v) is 7.99. The first-order valence-electron chi connectivity index (χ1n) is 7.99. The minimum atomic E-state index is -0.370. The Morgan fingerprint density at radius 3 is 2.35 bits per heavy atom. The minimum Gasteiger partial charge on any atom is -0.372 e. The Morgan fingerprint density at radius 2 is 1.70 bits per heavy atom. The molecular formula is C20H19FN2. The molecule has 0 aromatic heterocycles. The first-order chi connectivity index (χ1) is 11.3. The van der Waals surface area contributed by atoms with Gasteiger partial charge in [0.1, 0.15) is 5.82 Å². The van der Waals surface area contributed by atoms with E-state index in [9.17, 15) is 9.65 Å². The van der Waals surface area contributed by atoms with Gasteiger partial charge in [0.15, 0.2) is 0 Å². The fourth-order valence-electron chi connectivity index (χ4n) is 2.95. The molecule has 0 unspecified atom stereocenters. The van der Waals surface area contributed by atoms with Crippen LogP contribution in [0.2, 0.25) is 0 Å². The third kappa shape index (κ3) is 3.60. The molecule has 2 aromatic rings. The van der Waals surface area contributed by atoms with Crippen LogP contribution in [-0.4, -0.2) is 13.1 Å². The number of anilines is 1. The van der Waals surface area contributed by atoms with E-state index in [-0.39, 0.29) is 5.82 Å². The standard InChI is InChI=1S/C20H19FN2/c21-20-7-3-2-6-19(20)17(15-22)14-16-8-10-18(11-9-16)23-12-4-1-5-13-23/h2-3,6-11,14H,1,4-5,12-13H2/b17-14-. The number of rotatable bonds is 3. The monoisotopic (exact) mass is 306 g/mol. The summed E-state index contributed by atoms with van der Waals surface area (Å²) in [5.41, 5.74) is 2.81. The maximum atomic E-state index is 13.8. The van der Waals surface area contributed by atoms with Gasteiger partial charge in [-0.2, -0.15) is 5.26 Å². The summed E-state index contributed by atoms with van der Waals surface area (Å²) in [5, 5.41) is 9.33. The Kier molecular flexibility index (Phi) is 4.73. The van der Waals surface area contributed by atoms with E-state index in [0.717, 1.165) is 18.7 Å². The van der Waals surface area contributed by atoms with Crippen LogP contribution in [-0.2, 0) is 0 Å². The molecule has 1 fully saturated rings. The fraction of sp³-hybridized carbons (Fsp3) is 0.250. The van der Waals surface area contributed by atoms with E-state index in [0.29, 0.717) is 11.1 Å². The molecule has 0 atom stereocenters. The Balaban J connectivity index is 1.84. The SMILES string of the molecule is N#C/C(=C/c1ccc(N2CCCCC2)cc1)c1ccccc1F. The summed E-state index contributed by atoms with van der Waals surface area (Å²) >= 11 is 0. The lowest BCUT2D eigenvalue weighted by atomic mass is 10.0. The number of hydrogen-bond acceptors (Lipinski definition) is 2. The number of allylic oxidation sites excluding steroid dienone is 1. The number of nitrogens with zero attached hydrogens (tertiary/aromatic N) is 2. The van der Waals surface area contributed by atoms with Crippen molar-refractivity contribution in [3.05, 3.63) is 65.5 Å². The molecule has 1 saturated heterocycles. The zero-order chi connectivity index (χ0) is 16.1. The zero-order valence-corrected chi connectivity index (χ0v) is 13.0. The van der Waals surface area contributed by atoms with Crippen LogP contribution >= 0.6 is 0 Å². The molecule has 0 bridgehead atoms. The van der Waals surface area contributed by atoms with Crippen molar-refractivity contribution < 1.29 is 4.39 Å². The maximum absolute atomic E-state index is 13.8. The lowest BCUT2D eigenvalue weighted by molar-refractivity contribution is 0.578. The summed E-state index contributed by atoms with van der Waals surface area (Å²) in [6.45, 7) is 2.21. The molecule has 0 saturated carbocycles. The Morgan fingerprint density at radius 1 is 1.00 bits per heavy atom. The van der Waals surface area contributed by atoms with Crippen LogP contribution in [0, 0.1) is 17.1 Å². The molecule has 116 valence electrons. The van der Waals surface area contributed by atoms with E-state index < -0.39 is 0 Å².